The van der Waals surface area contributed by atoms with Gasteiger partial charge in [0.1, 0.15) is 11.6 Å². The van der Waals surface area contributed by atoms with Crippen molar-refractivity contribution in [3.05, 3.63) is 70.8 Å². The molecule has 1 saturated carbocycles. The van der Waals surface area contributed by atoms with Crippen LogP contribution in [-0.2, 0) is 12.8 Å². The molecule has 3 rings (SSSR count). The molecule has 0 amide bonds. The average molecular weight is 371 g/mol. The number of hydrogen-bond donors (Lipinski definition) is 0. The summed E-state index contributed by atoms with van der Waals surface area (Å²) in [5.74, 6) is 0.691. The summed E-state index contributed by atoms with van der Waals surface area (Å²) >= 11 is 0. The van der Waals surface area contributed by atoms with Gasteiger partial charge in [-0.3, -0.25) is 0 Å². The molecule has 146 valence electrons. The third-order valence-electron chi connectivity index (χ3n) is 6.21. The van der Waals surface area contributed by atoms with Crippen molar-refractivity contribution in [3.8, 4) is 0 Å². The van der Waals surface area contributed by atoms with Gasteiger partial charge in [0.15, 0.2) is 0 Å². The molecule has 0 radical (unpaired) electrons. The Balaban J connectivity index is 1.47. The molecule has 0 N–H and O–H groups in total. The summed E-state index contributed by atoms with van der Waals surface area (Å²) in [5.41, 5.74) is 3.26. The average Bonchev–Trinajstić information content (AvgIpc) is 2.69. The van der Waals surface area contributed by atoms with Crippen molar-refractivity contribution in [2.45, 2.75) is 77.0 Å². The molecule has 0 atom stereocenters. The molecule has 0 saturated heterocycles. The van der Waals surface area contributed by atoms with E-state index in [1.807, 2.05) is 0 Å². The van der Waals surface area contributed by atoms with E-state index >= 15 is 0 Å². The monoisotopic (exact) mass is 370 g/mol. The molecule has 0 aromatic heterocycles. The van der Waals surface area contributed by atoms with Gasteiger partial charge in [-0.15, -0.1) is 0 Å². The smallest absolute Gasteiger partial charge is 0.129 e. The van der Waals surface area contributed by atoms with Crippen LogP contribution in [0.25, 0.3) is 0 Å². The number of unbranched alkanes of at least 4 members (excludes halogenated alkanes) is 2. The molecular formula is C25H32F2. The van der Waals surface area contributed by atoms with Gasteiger partial charge in [0.2, 0.25) is 0 Å². The molecule has 0 spiro atoms. The molecule has 27 heavy (non-hydrogen) atoms. The zero-order valence-electron chi connectivity index (χ0n) is 16.5. The Morgan fingerprint density at radius 3 is 2.26 bits per heavy atom. The summed E-state index contributed by atoms with van der Waals surface area (Å²) in [5, 5.41) is 0. The SMILES string of the molecule is CCCCC[C@H]1CC[C@H](c2ccc(CCc3ccc(F)cc3F)cc2)CC1. The van der Waals surface area contributed by atoms with Crippen molar-refractivity contribution >= 4 is 0 Å². The van der Waals surface area contributed by atoms with Crippen molar-refractivity contribution in [1.82, 2.24) is 0 Å². The number of hydrogen-bond acceptors (Lipinski definition) is 0. The van der Waals surface area contributed by atoms with Crippen molar-refractivity contribution in [3.63, 3.8) is 0 Å². The second-order valence-electron chi connectivity index (χ2n) is 8.19. The summed E-state index contributed by atoms with van der Waals surface area (Å²) in [4.78, 5) is 0. The van der Waals surface area contributed by atoms with E-state index in [4.69, 9.17) is 0 Å². The minimum Gasteiger partial charge on any atom is -0.207 e. The predicted molar refractivity (Wildman–Crippen MR) is 109 cm³/mol. The van der Waals surface area contributed by atoms with Crippen LogP contribution in [0.15, 0.2) is 42.5 Å². The molecule has 2 aromatic carbocycles. The Morgan fingerprint density at radius 1 is 0.852 bits per heavy atom. The van der Waals surface area contributed by atoms with Crippen LogP contribution in [0.5, 0.6) is 0 Å². The number of aryl methyl sites for hydroxylation is 2. The second kappa shape index (κ2) is 10.0. The minimum atomic E-state index is -0.513. The summed E-state index contributed by atoms with van der Waals surface area (Å²) in [6, 6.07) is 12.8. The third-order valence-corrected chi connectivity index (χ3v) is 6.21. The van der Waals surface area contributed by atoms with E-state index in [0.717, 1.165) is 18.4 Å². The first-order valence-corrected chi connectivity index (χ1v) is 10.7. The highest BCUT2D eigenvalue weighted by Crippen LogP contribution is 2.37. The van der Waals surface area contributed by atoms with Gasteiger partial charge in [0.05, 0.1) is 0 Å². The fourth-order valence-electron chi connectivity index (χ4n) is 4.43. The minimum absolute atomic E-state index is 0.442. The van der Waals surface area contributed by atoms with Crippen molar-refractivity contribution in [2.75, 3.05) is 0 Å². The van der Waals surface area contributed by atoms with Gasteiger partial charge in [-0.2, -0.15) is 0 Å². The van der Waals surface area contributed by atoms with E-state index < -0.39 is 11.6 Å². The first-order valence-electron chi connectivity index (χ1n) is 10.7. The Kier molecular flexibility index (Phi) is 7.43. The van der Waals surface area contributed by atoms with Crippen molar-refractivity contribution < 1.29 is 8.78 Å². The topological polar surface area (TPSA) is 0 Å². The quantitative estimate of drug-likeness (QED) is 0.420. The maximum absolute atomic E-state index is 13.7. The van der Waals surface area contributed by atoms with Crippen LogP contribution in [0.1, 0.15) is 80.9 Å². The summed E-state index contributed by atoms with van der Waals surface area (Å²) in [6.45, 7) is 2.27. The van der Waals surface area contributed by atoms with Crippen LogP contribution in [0.4, 0.5) is 8.78 Å². The van der Waals surface area contributed by atoms with E-state index in [-0.39, 0.29) is 0 Å². The van der Waals surface area contributed by atoms with E-state index in [1.165, 1.54) is 68.6 Å². The first kappa shape index (κ1) is 20.0. The lowest BCUT2D eigenvalue weighted by Crippen LogP contribution is -2.13. The molecule has 0 aliphatic heterocycles. The van der Waals surface area contributed by atoms with Gasteiger partial charge in [-0.25, -0.2) is 8.78 Å². The normalized spacial score (nSPS) is 20.0. The highest BCUT2D eigenvalue weighted by molar-refractivity contribution is 5.27. The van der Waals surface area contributed by atoms with Crippen LogP contribution in [-0.4, -0.2) is 0 Å². The largest absolute Gasteiger partial charge is 0.207 e. The number of halogens is 2. The number of rotatable bonds is 8. The van der Waals surface area contributed by atoms with Crippen LogP contribution < -0.4 is 0 Å². The van der Waals surface area contributed by atoms with E-state index in [1.54, 1.807) is 6.07 Å². The lowest BCUT2D eigenvalue weighted by Gasteiger charge is -2.29. The van der Waals surface area contributed by atoms with Crippen LogP contribution in [0.2, 0.25) is 0 Å². The maximum Gasteiger partial charge on any atom is 0.129 e. The molecule has 0 bridgehead atoms. The summed E-state index contributed by atoms with van der Waals surface area (Å²) < 4.78 is 26.7. The van der Waals surface area contributed by atoms with Gasteiger partial charge >= 0.3 is 0 Å². The maximum atomic E-state index is 13.7. The first-order chi connectivity index (χ1) is 13.2. The fraction of sp³-hybridized carbons (Fsp3) is 0.520. The zero-order chi connectivity index (χ0) is 19.1. The lowest BCUT2D eigenvalue weighted by molar-refractivity contribution is 0.303. The second-order valence-corrected chi connectivity index (χ2v) is 8.19. The summed E-state index contributed by atoms with van der Waals surface area (Å²) in [7, 11) is 0. The molecule has 0 heterocycles. The highest BCUT2D eigenvalue weighted by atomic mass is 19.1. The van der Waals surface area contributed by atoms with Gasteiger partial charge in [0, 0.05) is 6.07 Å². The Hall–Kier alpha value is -1.70. The van der Waals surface area contributed by atoms with E-state index in [9.17, 15) is 8.78 Å². The fourth-order valence-corrected chi connectivity index (χ4v) is 4.43. The molecule has 2 heteroatoms. The van der Waals surface area contributed by atoms with Gasteiger partial charge < -0.3 is 0 Å². The molecule has 2 aromatic rings. The molecule has 0 unspecified atom stereocenters. The van der Waals surface area contributed by atoms with E-state index in [2.05, 4.69) is 31.2 Å². The Bertz CT molecular complexity index is 697. The summed E-state index contributed by atoms with van der Waals surface area (Å²) in [6.07, 6.45) is 12.3. The van der Waals surface area contributed by atoms with Crippen LogP contribution >= 0.6 is 0 Å². The van der Waals surface area contributed by atoms with Crippen LogP contribution in [0.3, 0.4) is 0 Å². The van der Waals surface area contributed by atoms with Gasteiger partial charge in [-0.1, -0.05) is 62.9 Å². The van der Waals surface area contributed by atoms with E-state index in [0.29, 0.717) is 17.9 Å². The molecular weight excluding hydrogens is 338 g/mol. The van der Waals surface area contributed by atoms with Crippen molar-refractivity contribution in [2.24, 2.45) is 5.92 Å². The Labute approximate surface area is 163 Å². The molecule has 1 fully saturated rings. The van der Waals surface area contributed by atoms with Gasteiger partial charge in [0.25, 0.3) is 0 Å². The van der Waals surface area contributed by atoms with Crippen molar-refractivity contribution in [1.29, 1.82) is 0 Å². The third kappa shape index (κ3) is 5.89. The van der Waals surface area contributed by atoms with Gasteiger partial charge in [-0.05, 0) is 73.1 Å². The van der Waals surface area contributed by atoms with Crippen LogP contribution in [0, 0.1) is 17.6 Å². The standard InChI is InChI=1S/C25H32F2/c1-2-3-4-5-19-6-11-21(12-7-19)22-13-8-20(9-14-22)10-15-23-16-17-24(26)18-25(23)27/h8-9,13-14,16-19,21H,2-7,10-12,15H2,1H3/t19-,21-. The Morgan fingerprint density at radius 2 is 1.59 bits per heavy atom. The predicted octanol–water partition coefficient (Wildman–Crippen LogP) is 7.60. The molecule has 1 aliphatic rings. The highest BCUT2D eigenvalue weighted by Gasteiger charge is 2.21. The molecule has 1 aliphatic carbocycles. The zero-order valence-corrected chi connectivity index (χ0v) is 16.5. The lowest BCUT2D eigenvalue weighted by atomic mass is 9.77. The number of benzene rings is 2. The molecule has 0 nitrogen and oxygen atoms in total.